The third-order valence-corrected chi connectivity index (χ3v) is 2.59. The highest BCUT2D eigenvalue weighted by Gasteiger charge is 2.25. The van der Waals surface area contributed by atoms with Crippen LogP contribution in [0.3, 0.4) is 0 Å². The number of nitrogens with one attached hydrogen (secondary N) is 1. The first kappa shape index (κ1) is 15.7. The van der Waals surface area contributed by atoms with Gasteiger partial charge < -0.3 is 15.2 Å². The minimum Gasteiger partial charge on any atom is -0.508 e. The number of benzene rings is 1. The van der Waals surface area contributed by atoms with Gasteiger partial charge in [-0.15, -0.1) is 0 Å². The van der Waals surface area contributed by atoms with Crippen molar-refractivity contribution in [1.82, 2.24) is 5.32 Å². The first-order chi connectivity index (χ1) is 9.47. The maximum absolute atomic E-state index is 11.9. The summed E-state index contributed by atoms with van der Waals surface area (Å²) in [6.07, 6.45) is 0.263. The number of phenols is 1. The molecular weight excluding hydrogens is 262 g/mol. The molecule has 1 amide bonds. The quantitative estimate of drug-likeness (QED) is 0.628. The van der Waals surface area contributed by atoms with Gasteiger partial charge in [0.15, 0.2) is 6.04 Å². The number of esters is 2. The number of hydrogen-bond donors (Lipinski definition) is 2. The summed E-state index contributed by atoms with van der Waals surface area (Å²) in [6.45, 7) is 3.21. The average molecular weight is 279 g/mol. The van der Waals surface area contributed by atoms with Crippen LogP contribution in [-0.4, -0.2) is 23.0 Å². The third kappa shape index (κ3) is 4.38. The largest absolute Gasteiger partial charge is 0.508 e. The van der Waals surface area contributed by atoms with E-state index in [-0.39, 0.29) is 24.5 Å². The van der Waals surface area contributed by atoms with Crippen molar-refractivity contribution in [3.05, 3.63) is 29.8 Å². The highest BCUT2D eigenvalue weighted by atomic mass is 16.6. The molecular formula is C14H17NO5. The molecule has 108 valence electrons. The topological polar surface area (TPSA) is 92.7 Å². The molecule has 0 radical (unpaired) electrons. The summed E-state index contributed by atoms with van der Waals surface area (Å²) in [6, 6.07) is 4.66. The molecule has 0 saturated heterocycles. The van der Waals surface area contributed by atoms with E-state index in [4.69, 9.17) is 0 Å². The van der Waals surface area contributed by atoms with Crippen LogP contribution < -0.4 is 5.32 Å². The van der Waals surface area contributed by atoms with Gasteiger partial charge in [-0.25, -0.2) is 4.79 Å². The van der Waals surface area contributed by atoms with Crippen LogP contribution >= 0.6 is 0 Å². The number of rotatable bonds is 5. The van der Waals surface area contributed by atoms with Crippen molar-refractivity contribution >= 4 is 17.8 Å². The summed E-state index contributed by atoms with van der Waals surface area (Å²) in [5, 5.41) is 11.7. The molecule has 2 N–H and O–H groups in total. The fourth-order valence-electron chi connectivity index (χ4n) is 1.45. The first-order valence-electron chi connectivity index (χ1n) is 6.30. The minimum atomic E-state index is -1.07. The predicted molar refractivity (Wildman–Crippen MR) is 70.7 cm³/mol. The number of amides is 1. The second-order valence-electron chi connectivity index (χ2n) is 4.09. The molecule has 0 aliphatic heterocycles. The lowest BCUT2D eigenvalue weighted by molar-refractivity contribution is -0.161. The SMILES string of the molecule is CCC(=O)NC(C(=O)OC(=O)CC)c1ccc(O)cc1. The van der Waals surface area contributed by atoms with Gasteiger partial charge in [-0.2, -0.15) is 0 Å². The molecule has 1 aromatic rings. The summed E-state index contributed by atoms with van der Waals surface area (Å²) in [7, 11) is 0. The van der Waals surface area contributed by atoms with Gasteiger partial charge in [0.2, 0.25) is 5.91 Å². The van der Waals surface area contributed by atoms with Crippen molar-refractivity contribution in [2.75, 3.05) is 0 Å². The van der Waals surface area contributed by atoms with E-state index >= 15 is 0 Å². The molecule has 1 atom stereocenters. The van der Waals surface area contributed by atoms with Crippen molar-refractivity contribution in [2.45, 2.75) is 32.7 Å². The normalized spacial score (nSPS) is 11.5. The van der Waals surface area contributed by atoms with Gasteiger partial charge in [0.25, 0.3) is 0 Å². The van der Waals surface area contributed by atoms with E-state index in [1.807, 2.05) is 0 Å². The number of ether oxygens (including phenoxy) is 1. The molecule has 0 saturated carbocycles. The average Bonchev–Trinajstić information content (AvgIpc) is 2.45. The summed E-state index contributed by atoms with van der Waals surface area (Å²) < 4.78 is 4.64. The molecule has 0 fully saturated rings. The van der Waals surface area contributed by atoms with E-state index in [1.54, 1.807) is 13.8 Å². The van der Waals surface area contributed by atoms with E-state index in [0.29, 0.717) is 5.56 Å². The Morgan fingerprint density at radius 3 is 2.25 bits per heavy atom. The molecule has 0 bridgehead atoms. The zero-order valence-corrected chi connectivity index (χ0v) is 11.4. The molecule has 1 aromatic carbocycles. The van der Waals surface area contributed by atoms with Crippen LogP contribution in [0.4, 0.5) is 0 Å². The standard InChI is InChI=1S/C14H17NO5/c1-3-11(17)15-13(14(19)20-12(18)4-2)9-5-7-10(16)8-6-9/h5-8,13,16H,3-4H2,1-2H3,(H,15,17). The highest BCUT2D eigenvalue weighted by molar-refractivity contribution is 5.91. The molecule has 6 heteroatoms. The molecule has 6 nitrogen and oxygen atoms in total. The Morgan fingerprint density at radius 1 is 1.15 bits per heavy atom. The van der Waals surface area contributed by atoms with Crippen LogP contribution in [0.2, 0.25) is 0 Å². The zero-order valence-electron chi connectivity index (χ0n) is 11.4. The van der Waals surface area contributed by atoms with Crippen LogP contribution in [0.1, 0.15) is 38.3 Å². The Kier molecular flexibility index (Phi) is 5.71. The van der Waals surface area contributed by atoms with Crippen molar-refractivity contribution in [3.8, 4) is 5.75 Å². The summed E-state index contributed by atoms with van der Waals surface area (Å²) >= 11 is 0. The fraction of sp³-hybridized carbons (Fsp3) is 0.357. The zero-order chi connectivity index (χ0) is 15.1. The van der Waals surface area contributed by atoms with Crippen molar-refractivity contribution < 1.29 is 24.2 Å². The molecule has 1 rings (SSSR count). The van der Waals surface area contributed by atoms with Crippen LogP contribution in [0.5, 0.6) is 5.75 Å². The van der Waals surface area contributed by atoms with Crippen LogP contribution in [-0.2, 0) is 19.1 Å². The summed E-state index contributed by atoms with van der Waals surface area (Å²) in [5.74, 6) is -1.81. The maximum Gasteiger partial charge on any atom is 0.340 e. The molecule has 0 heterocycles. The lowest BCUT2D eigenvalue weighted by atomic mass is 10.1. The van der Waals surface area contributed by atoms with E-state index in [1.165, 1.54) is 24.3 Å². The smallest absolute Gasteiger partial charge is 0.340 e. The number of carbonyl (C=O) groups excluding carboxylic acids is 3. The van der Waals surface area contributed by atoms with Crippen LogP contribution in [0.15, 0.2) is 24.3 Å². The van der Waals surface area contributed by atoms with Gasteiger partial charge in [0, 0.05) is 12.8 Å². The molecule has 0 aromatic heterocycles. The van der Waals surface area contributed by atoms with Gasteiger partial charge in [-0.1, -0.05) is 26.0 Å². The second-order valence-corrected chi connectivity index (χ2v) is 4.09. The van der Waals surface area contributed by atoms with Crippen LogP contribution in [0.25, 0.3) is 0 Å². The Hall–Kier alpha value is -2.37. The molecule has 1 unspecified atom stereocenters. The molecule has 0 aliphatic rings. The fourth-order valence-corrected chi connectivity index (χ4v) is 1.45. The first-order valence-corrected chi connectivity index (χ1v) is 6.30. The molecule has 0 spiro atoms. The summed E-state index contributed by atoms with van der Waals surface area (Å²) in [4.78, 5) is 34.6. The van der Waals surface area contributed by atoms with Gasteiger partial charge in [0.1, 0.15) is 5.75 Å². The highest BCUT2D eigenvalue weighted by Crippen LogP contribution is 2.18. The summed E-state index contributed by atoms with van der Waals surface area (Å²) in [5.41, 5.74) is 0.429. The van der Waals surface area contributed by atoms with Crippen molar-refractivity contribution in [2.24, 2.45) is 0 Å². The van der Waals surface area contributed by atoms with Gasteiger partial charge in [-0.3, -0.25) is 9.59 Å². The molecule has 0 aliphatic carbocycles. The van der Waals surface area contributed by atoms with E-state index < -0.39 is 18.0 Å². The maximum atomic E-state index is 11.9. The minimum absolute atomic E-state index is 0.0346. The number of hydrogen-bond acceptors (Lipinski definition) is 5. The Bertz CT molecular complexity index is 495. The lowest BCUT2D eigenvalue weighted by Crippen LogP contribution is -2.35. The second kappa shape index (κ2) is 7.28. The van der Waals surface area contributed by atoms with Gasteiger partial charge >= 0.3 is 11.9 Å². The number of aromatic hydroxyl groups is 1. The predicted octanol–water partition coefficient (Wildman–Crippen LogP) is 1.44. The van der Waals surface area contributed by atoms with E-state index in [2.05, 4.69) is 10.1 Å². The van der Waals surface area contributed by atoms with Gasteiger partial charge in [-0.05, 0) is 17.7 Å². The Labute approximate surface area is 116 Å². The van der Waals surface area contributed by atoms with Crippen molar-refractivity contribution in [3.63, 3.8) is 0 Å². The van der Waals surface area contributed by atoms with E-state index in [9.17, 15) is 19.5 Å². The Morgan fingerprint density at radius 2 is 1.75 bits per heavy atom. The molecule has 20 heavy (non-hydrogen) atoms. The van der Waals surface area contributed by atoms with Gasteiger partial charge in [0.05, 0.1) is 0 Å². The van der Waals surface area contributed by atoms with Crippen LogP contribution in [0, 0.1) is 0 Å². The number of carbonyl (C=O) groups is 3. The number of phenolic OH excluding ortho intramolecular Hbond substituents is 1. The lowest BCUT2D eigenvalue weighted by Gasteiger charge is -2.17. The van der Waals surface area contributed by atoms with E-state index in [0.717, 1.165) is 0 Å². The Balaban J connectivity index is 2.95. The third-order valence-electron chi connectivity index (χ3n) is 2.59. The van der Waals surface area contributed by atoms with Crippen molar-refractivity contribution in [1.29, 1.82) is 0 Å². The monoisotopic (exact) mass is 279 g/mol.